The third-order valence-electron chi connectivity index (χ3n) is 3.58. The van der Waals surface area contributed by atoms with Crippen molar-refractivity contribution in [3.8, 4) is 0 Å². The molecular weight excluding hydrogens is 389 g/mol. The molecule has 1 N–H and O–H groups in total. The van der Waals surface area contributed by atoms with E-state index in [-0.39, 0.29) is 11.2 Å². The Balaban J connectivity index is 1.63. The molecule has 7 heteroatoms. The van der Waals surface area contributed by atoms with E-state index >= 15 is 0 Å². The highest BCUT2D eigenvalue weighted by atomic mass is 35.5. The van der Waals surface area contributed by atoms with E-state index in [1.54, 1.807) is 12.1 Å². The van der Waals surface area contributed by atoms with E-state index in [4.69, 9.17) is 23.2 Å². The van der Waals surface area contributed by atoms with E-state index in [0.29, 0.717) is 15.7 Å². The van der Waals surface area contributed by atoms with Crippen molar-refractivity contribution in [2.45, 2.75) is 17.1 Å². The summed E-state index contributed by atoms with van der Waals surface area (Å²) in [6.45, 7) is 1.81. The molecule has 0 aliphatic heterocycles. The van der Waals surface area contributed by atoms with E-state index in [2.05, 4.69) is 15.5 Å². The summed E-state index contributed by atoms with van der Waals surface area (Å²) in [6.07, 6.45) is 1.50. The minimum absolute atomic E-state index is 0.203. The molecule has 1 aromatic heterocycles. The Kier molecular flexibility index (Phi) is 6.14. The van der Waals surface area contributed by atoms with Gasteiger partial charge in [-0.15, -0.1) is 11.8 Å². The van der Waals surface area contributed by atoms with Crippen molar-refractivity contribution < 1.29 is 4.79 Å². The molecular formula is C19H15Cl2N3OS. The number of halogens is 2. The number of hydrazone groups is 1. The number of nitrogens with one attached hydrogen (secondary N) is 1. The normalized spacial score (nSPS) is 12.4. The molecule has 0 radical (unpaired) electrons. The molecule has 1 amide bonds. The molecule has 1 heterocycles. The molecule has 0 unspecified atom stereocenters. The van der Waals surface area contributed by atoms with Crippen LogP contribution in [-0.4, -0.2) is 22.4 Å². The summed E-state index contributed by atoms with van der Waals surface area (Å²) >= 11 is 13.5. The molecule has 3 rings (SSSR count). The van der Waals surface area contributed by atoms with Crippen molar-refractivity contribution in [2.24, 2.45) is 5.10 Å². The number of aromatic nitrogens is 1. The second-order valence-electron chi connectivity index (χ2n) is 5.51. The van der Waals surface area contributed by atoms with Crippen LogP contribution in [-0.2, 0) is 4.79 Å². The monoisotopic (exact) mass is 403 g/mol. The summed E-state index contributed by atoms with van der Waals surface area (Å²) in [7, 11) is 0. The van der Waals surface area contributed by atoms with Crippen molar-refractivity contribution in [1.82, 2.24) is 10.4 Å². The van der Waals surface area contributed by atoms with Crippen LogP contribution in [0.25, 0.3) is 10.9 Å². The maximum atomic E-state index is 12.2. The first kappa shape index (κ1) is 18.7. The number of fused-ring (bicyclic) bond motifs is 1. The van der Waals surface area contributed by atoms with Gasteiger partial charge in [-0.3, -0.25) is 4.79 Å². The summed E-state index contributed by atoms with van der Waals surface area (Å²) in [5, 5.41) is 5.65. The highest BCUT2D eigenvalue weighted by Crippen LogP contribution is 2.24. The van der Waals surface area contributed by atoms with E-state index in [0.717, 1.165) is 15.8 Å². The minimum atomic E-state index is -0.307. The van der Waals surface area contributed by atoms with Crippen LogP contribution in [0.4, 0.5) is 0 Å². The van der Waals surface area contributed by atoms with Gasteiger partial charge in [0.1, 0.15) is 5.15 Å². The zero-order valence-corrected chi connectivity index (χ0v) is 16.1. The summed E-state index contributed by atoms with van der Waals surface area (Å²) < 4.78 is 0. The van der Waals surface area contributed by atoms with Crippen LogP contribution >= 0.6 is 35.0 Å². The molecule has 0 fully saturated rings. The lowest BCUT2D eigenvalue weighted by Crippen LogP contribution is -2.26. The Morgan fingerprint density at radius 3 is 2.69 bits per heavy atom. The first-order valence-electron chi connectivity index (χ1n) is 7.83. The van der Waals surface area contributed by atoms with Gasteiger partial charge in [0.05, 0.1) is 17.0 Å². The quantitative estimate of drug-likeness (QED) is 0.276. The molecule has 0 aliphatic carbocycles. The number of carbonyl (C=O) groups excluding carboxylic acids is 1. The Bertz CT molecular complexity index is 961. The maximum Gasteiger partial charge on any atom is 0.253 e. The van der Waals surface area contributed by atoms with Gasteiger partial charge in [-0.1, -0.05) is 41.4 Å². The fraction of sp³-hybridized carbons (Fsp3) is 0.105. The zero-order chi connectivity index (χ0) is 18.5. The minimum Gasteiger partial charge on any atom is -0.272 e. The second kappa shape index (κ2) is 8.54. The van der Waals surface area contributed by atoms with Gasteiger partial charge in [0.15, 0.2) is 0 Å². The number of nitrogens with zero attached hydrogens (tertiary/aromatic N) is 2. The number of benzene rings is 2. The third kappa shape index (κ3) is 4.75. The van der Waals surface area contributed by atoms with Crippen molar-refractivity contribution in [1.29, 1.82) is 0 Å². The second-order valence-corrected chi connectivity index (χ2v) is 7.72. The Morgan fingerprint density at radius 2 is 1.92 bits per heavy atom. The summed E-state index contributed by atoms with van der Waals surface area (Å²) in [5.41, 5.74) is 3.99. The highest BCUT2D eigenvalue weighted by Gasteiger charge is 2.13. The predicted molar refractivity (Wildman–Crippen MR) is 109 cm³/mol. The van der Waals surface area contributed by atoms with Crippen molar-refractivity contribution in [2.75, 3.05) is 0 Å². The van der Waals surface area contributed by atoms with Crippen LogP contribution in [0.1, 0.15) is 12.5 Å². The first-order valence-corrected chi connectivity index (χ1v) is 9.47. The maximum absolute atomic E-state index is 12.2. The molecule has 0 spiro atoms. The van der Waals surface area contributed by atoms with Gasteiger partial charge >= 0.3 is 0 Å². The summed E-state index contributed by atoms with van der Waals surface area (Å²) in [5.74, 6) is -0.203. The first-order chi connectivity index (χ1) is 12.5. The number of thioether (sulfide) groups is 1. The number of hydrogen-bond donors (Lipinski definition) is 1. The topological polar surface area (TPSA) is 54.4 Å². The van der Waals surface area contributed by atoms with Gasteiger partial charge < -0.3 is 0 Å². The van der Waals surface area contributed by atoms with Crippen molar-refractivity contribution in [3.05, 3.63) is 70.3 Å². The van der Waals surface area contributed by atoms with E-state index < -0.39 is 0 Å². The summed E-state index contributed by atoms with van der Waals surface area (Å²) in [6, 6.07) is 16.9. The molecule has 26 heavy (non-hydrogen) atoms. The molecule has 4 nitrogen and oxygen atoms in total. The van der Waals surface area contributed by atoms with Crippen LogP contribution < -0.4 is 5.43 Å². The zero-order valence-electron chi connectivity index (χ0n) is 13.8. The van der Waals surface area contributed by atoms with Gasteiger partial charge in [-0.25, -0.2) is 10.4 Å². The molecule has 0 saturated carbocycles. The number of pyridine rings is 1. The summed E-state index contributed by atoms with van der Waals surface area (Å²) in [4.78, 5) is 17.5. The fourth-order valence-corrected chi connectivity index (χ4v) is 3.41. The third-order valence-corrected chi connectivity index (χ3v) is 5.25. The molecule has 0 bridgehead atoms. The average Bonchev–Trinajstić information content (AvgIpc) is 2.63. The molecule has 2 aromatic carbocycles. The Labute approximate surface area is 165 Å². The highest BCUT2D eigenvalue weighted by molar-refractivity contribution is 8.00. The van der Waals surface area contributed by atoms with Crippen LogP contribution in [0.2, 0.25) is 10.2 Å². The molecule has 3 aromatic rings. The van der Waals surface area contributed by atoms with Gasteiger partial charge in [0.2, 0.25) is 0 Å². The van der Waals surface area contributed by atoms with Crippen LogP contribution in [0.5, 0.6) is 0 Å². The standard InChI is InChI=1S/C19H15Cl2N3OS/c1-12(26-16-8-6-15(20)7-9-16)19(25)24-22-11-14-10-13-4-2-3-5-17(13)23-18(14)21/h2-12H,1H3,(H,24,25)/b22-11-/t12-/m1/s1. The molecule has 0 saturated heterocycles. The molecule has 132 valence electrons. The van der Waals surface area contributed by atoms with E-state index in [1.165, 1.54) is 18.0 Å². The van der Waals surface area contributed by atoms with Crippen LogP contribution in [0.15, 0.2) is 64.6 Å². The number of para-hydroxylation sites is 1. The van der Waals surface area contributed by atoms with E-state index in [9.17, 15) is 4.79 Å². The Morgan fingerprint density at radius 1 is 1.19 bits per heavy atom. The number of rotatable bonds is 5. The van der Waals surface area contributed by atoms with Crippen molar-refractivity contribution in [3.63, 3.8) is 0 Å². The lowest BCUT2D eigenvalue weighted by atomic mass is 10.2. The fourth-order valence-electron chi connectivity index (χ4n) is 2.23. The van der Waals surface area contributed by atoms with E-state index in [1.807, 2.05) is 49.4 Å². The largest absolute Gasteiger partial charge is 0.272 e. The van der Waals surface area contributed by atoms with Crippen molar-refractivity contribution >= 4 is 58.0 Å². The van der Waals surface area contributed by atoms with Crippen LogP contribution in [0.3, 0.4) is 0 Å². The SMILES string of the molecule is C[C@@H](Sc1ccc(Cl)cc1)C(=O)N/N=C\c1cc2ccccc2nc1Cl. The Hall–Kier alpha value is -2.08. The van der Waals surface area contributed by atoms with Crippen LogP contribution in [0, 0.1) is 0 Å². The van der Waals surface area contributed by atoms with Gasteiger partial charge in [0, 0.05) is 20.9 Å². The lowest BCUT2D eigenvalue weighted by molar-refractivity contribution is -0.120. The number of carbonyl (C=O) groups is 1. The molecule has 0 aliphatic rings. The lowest BCUT2D eigenvalue weighted by Gasteiger charge is -2.09. The average molecular weight is 404 g/mol. The number of hydrogen-bond acceptors (Lipinski definition) is 4. The predicted octanol–water partition coefficient (Wildman–Crippen LogP) is 5.17. The molecule has 1 atom stereocenters. The smallest absolute Gasteiger partial charge is 0.253 e. The van der Waals surface area contributed by atoms with Gasteiger partial charge in [-0.05, 0) is 43.3 Å². The van der Waals surface area contributed by atoms with Gasteiger partial charge in [0.25, 0.3) is 5.91 Å². The number of amides is 1. The van der Waals surface area contributed by atoms with Gasteiger partial charge in [-0.2, -0.15) is 5.10 Å².